The summed E-state index contributed by atoms with van der Waals surface area (Å²) in [7, 11) is 0. The van der Waals surface area contributed by atoms with Crippen molar-refractivity contribution in [3.8, 4) is 0 Å². The molecule has 1 unspecified atom stereocenters. The Balaban J connectivity index is 5.68. The highest BCUT2D eigenvalue weighted by atomic mass is 16.6. The molecule has 0 aliphatic heterocycles. The third kappa shape index (κ3) is 5.39. The summed E-state index contributed by atoms with van der Waals surface area (Å²) in [6, 6.07) is -0.961. The number of carbonyl (C=O) groups is 2. The highest BCUT2D eigenvalue weighted by Gasteiger charge is 2.45. The van der Waals surface area contributed by atoms with Crippen LogP contribution in [-0.4, -0.2) is 39.3 Å². The van der Waals surface area contributed by atoms with E-state index in [9.17, 15) is 14.7 Å². The second-order valence-electron chi connectivity index (χ2n) is 8.13. The van der Waals surface area contributed by atoms with Crippen molar-refractivity contribution >= 4 is 12.1 Å². The minimum Gasteiger partial charge on any atom is -0.480 e. The van der Waals surface area contributed by atoms with Crippen LogP contribution in [-0.2, 0) is 9.53 Å². The van der Waals surface area contributed by atoms with Gasteiger partial charge in [-0.05, 0) is 47.0 Å². The number of aliphatic carboxylic acids is 1. The molecule has 0 aromatic rings. The molecule has 0 saturated carbocycles. The quantitative estimate of drug-likeness (QED) is 0.843. The van der Waals surface area contributed by atoms with Gasteiger partial charge < -0.3 is 9.84 Å². The highest BCUT2D eigenvalue weighted by Crippen LogP contribution is 2.31. The molecular weight excluding hydrogens is 258 g/mol. The summed E-state index contributed by atoms with van der Waals surface area (Å²) in [6.45, 7) is 16.1. The van der Waals surface area contributed by atoms with E-state index in [0.717, 1.165) is 0 Å². The Labute approximate surface area is 122 Å². The van der Waals surface area contributed by atoms with E-state index in [-0.39, 0.29) is 0 Å². The van der Waals surface area contributed by atoms with Gasteiger partial charge in [0.05, 0.1) is 0 Å². The Morgan fingerprint density at radius 1 is 0.950 bits per heavy atom. The summed E-state index contributed by atoms with van der Waals surface area (Å²) in [6.07, 6.45) is -0.604. The van der Waals surface area contributed by atoms with Crippen LogP contribution in [0.25, 0.3) is 0 Å². The zero-order valence-corrected chi connectivity index (χ0v) is 14.2. The van der Waals surface area contributed by atoms with Crippen LogP contribution in [0.2, 0.25) is 0 Å². The monoisotopic (exact) mass is 287 g/mol. The Kier molecular flexibility index (Phi) is 5.27. The fourth-order valence-corrected chi connectivity index (χ4v) is 1.95. The second kappa shape index (κ2) is 5.62. The van der Waals surface area contributed by atoms with Crippen molar-refractivity contribution in [3.05, 3.63) is 0 Å². The van der Waals surface area contributed by atoms with Crippen LogP contribution in [0, 0.1) is 5.41 Å². The summed E-state index contributed by atoms with van der Waals surface area (Å²) >= 11 is 0. The van der Waals surface area contributed by atoms with Crippen LogP contribution < -0.4 is 0 Å². The molecule has 5 nitrogen and oxygen atoms in total. The second-order valence-corrected chi connectivity index (χ2v) is 8.13. The maximum Gasteiger partial charge on any atom is 0.411 e. The van der Waals surface area contributed by atoms with Gasteiger partial charge in [-0.25, -0.2) is 9.59 Å². The number of carboxylic acid groups (broad SMARTS) is 1. The molecule has 0 aromatic carbocycles. The molecule has 0 heterocycles. The van der Waals surface area contributed by atoms with Crippen LogP contribution in [0.5, 0.6) is 0 Å². The van der Waals surface area contributed by atoms with Crippen LogP contribution >= 0.6 is 0 Å². The fourth-order valence-electron chi connectivity index (χ4n) is 1.95. The number of rotatable bonds is 2. The normalized spacial score (nSPS) is 14.7. The lowest BCUT2D eigenvalue weighted by atomic mass is 9.83. The van der Waals surface area contributed by atoms with Gasteiger partial charge in [0.2, 0.25) is 0 Å². The molecule has 0 saturated heterocycles. The molecule has 0 fully saturated rings. The Bertz CT molecular complexity index is 369. The summed E-state index contributed by atoms with van der Waals surface area (Å²) in [5.74, 6) is -1.03. The van der Waals surface area contributed by atoms with E-state index < -0.39 is 34.7 Å². The molecule has 0 aromatic heterocycles. The summed E-state index contributed by atoms with van der Waals surface area (Å²) in [4.78, 5) is 25.4. The molecule has 0 spiro atoms. The molecule has 1 amide bonds. The minimum absolute atomic E-state index is 0.601. The Hall–Kier alpha value is -1.26. The third-order valence-corrected chi connectivity index (χ3v) is 2.63. The molecular formula is C15H29NO4. The molecule has 1 atom stereocenters. The summed E-state index contributed by atoms with van der Waals surface area (Å²) < 4.78 is 5.38. The van der Waals surface area contributed by atoms with Gasteiger partial charge in [-0.1, -0.05) is 20.8 Å². The predicted molar refractivity (Wildman–Crippen MR) is 78.7 cm³/mol. The summed E-state index contributed by atoms with van der Waals surface area (Å²) in [5, 5.41) is 9.54. The van der Waals surface area contributed by atoms with Crippen LogP contribution in [0.15, 0.2) is 0 Å². The third-order valence-electron chi connectivity index (χ3n) is 2.63. The average molecular weight is 287 g/mol. The zero-order valence-electron chi connectivity index (χ0n) is 14.2. The van der Waals surface area contributed by atoms with Crippen molar-refractivity contribution in [2.45, 2.75) is 79.5 Å². The molecule has 118 valence electrons. The van der Waals surface area contributed by atoms with Gasteiger partial charge in [-0.2, -0.15) is 0 Å². The molecule has 0 aliphatic carbocycles. The van der Waals surface area contributed by atoms with Gasteiger partial charge in [0.25, 0.3) is 0 Å². The largest absolute Gasteiger partial charge is 0.480 e. The predicted octanol–water partition coefficient (Wildman–Crippen LogP) is 3.52. The van der Waals surface area contributed by atoms with Gasteiger partial charge in [0.1, 0.15) is 11.6 Å². The van der Waals surface area contributed by atoms with E-state index in [4.69, 9.17) is 4.74 Å². The first-order valence-electron chi connectivity index (χ1n) is 6.82. The lowest BCUT2D eigenvalue weighted by Gasteiger charge is -2.44. The standard InChI is InChI=1S/C15H29NO4/c1-13(2,3)10(11(17)18)16(14(4,5)6)12(19)20-15(7,8)9/h10H,1-9H3,(H,17,18). The molecule has 1 N–H and O–H groups in total. The smallest absolute Gasteiger partial charge is 0.411 e. The van der Waals surface area contributed by atoms with Crippen molar-refractivity contribution < 1.29 is 19.4 Å². The Morgan fingerprint density at radius 2 is 1.35 bits per heavy atom. The van der Waals surface area contributed by atoms with Crippen molar-refractivity contribution in [1.82, 2.24) is 4.90 Å². The van der Waals surface area contributed by atoms with E-state index >= 15 is 0 Å². The molecule has 0 bridgehead atoms. The van der Waals surface area contributed by atoms with Gasteiger partial charge in [-0.15, -0.1) is 0 Å². The lowest BCUT2D eigenvalue weighted by molar-refractivity contribution is -0.150. The number of amides is 1. The van der Waals surface area contributed by atoms with Gasteiger partial charge >= 0.3 is 12.1 Å². The number of carboxylic acids is 1. The number of nitrogens with zero attached hydrogens (tertiary/aromatic N) is 1. The maximum absolute atomic E-state index is 12.4. The fraction of sp³-hybridized carbons (Fsp3) is 0.867. The van der Waals surface area contributed by atoms with Crippen molar-refractivity contribution in [2.24, 2.45) is 5.41 Å². The highest BCUT2D eigenvalue weighted by molar-refractivity contribution is 5.81. The lowest BCUT2D eigenvalue weighted by Crippen LogP contribution is -2.60. The molecule has 0 rings (SSSR count). The first-order chi connectivity index (χ1) is 8.57. The molecule has 0 radical (unpaired) electrons. The number of carbonyl (C=O) groups excluding carboxylic acids is 1. The van der Waals surface area contributed by atoms with Crippen LogP contribution in [0.4, 0.5) is 4.79 Å². The van der Waals surface area contributed by atoms with E-state index in [1.807, 2.05) is 0 Å². The topological polar surface area (TPSA) is 66.8 Å². The van der Waals surface area contributed by atoms with Gasteiger partial charge in [0, 0.05) is 5.54 Å². The maximum atomic E-state index is 12.4. The molecule has 5 heteroatoms. The van der Waals surface area contributed by atoms with E-state index in [1.165, 1.54) is 4.90 Å². The van der Waals surface area contributed by atoms with Crippen molar-refractivity contribution in [1.29, 1.82) is 0 Å². The van der Waals surface area contributed by atoms with Crippen LogP contribution in [0.1, 0.15) is 62.3 Å². The van der Waals surface area contributed by atoms with Gasteiger partial charge in [0.15, 0.2) is 0 Å². The number of hydrogen-bond donors (Lipinski definition) is 1. The van der Waals surface area contributed by atoms with E-state index in [2.05, 4.69) is 0 Å². The SMILES string of the molecule is CC(C)(C)OC(=O)N(C(C(=O)O)C(C)(C)C)C(C)(C)C. The number of hydrogen-bond acceptors (Lipinski definition) is 3. The summed E-state index contributed by atoms with van der Waals surface area (Å²) in [5.41, 5.74) is -1.92. The Morgan fingerprint density at radius 3 is 1.55 bits per heavy atom. The average Bonchev–Trinajstić information content (AvgIpc) is 2.05. The first-order valence-corrected chi connectivity index (χ1v) is 6.82. The van der Waals surface area contributed by atoms with Crippen LogP contribution in [0.3, 0.4) is 0 Å². The van der Waals surface area contributed by atoms with E-state index in [1.54, 1.807) is 62.3 Å². The zero-order chi connectivity index (χ0) is 16.5. The minimum atomic E-state index is -1.03. The van der Waals surface area contributed by atoms with Crippen molar-refractivity contribution in [2.75, 3.05) is 0 Å². The van der Waals surface area contributed by atoms with E-state index in [0.29, 0.717) is 0 Å². The van der Waals surface area contributed by atoms with Crippen molar-refractivity contribution in [3.63, 3.8) is 0 Å². The van der Waals surface area contributed by atoms with Gasteiger partial charge in [-0.3, -0.25) is 4.90 Å². The number of ether oxygens (including phenoxy) is 1. The molecule has 20 heavy (non-hydrogen) atoms. The first kappa shape index (κ1) is 18.7. The molecule has 0 aliphatic rings.